The maximum absolute atomic E-state index is 12.2. The summed E-state index contributed by atoms with van der Waals surface area (Å²) in [6.45, 7) is 0.687. The normalized spacial score (nSPS) is 13.5. The number of para-hydroxylation sites is 1. The summed E-state index contributed by atoms with van der Waals surface area (Å²) in [5, 5.41) is 1.22. The zero-order chi connectivity index (χ0) is 18.7. The number of fused-ring (bicyclic) bond motifs is 1. The van der Waals surface area contributed by atoms with Crippen LogP contribution in [-0.2, 0) is 6.54 Å². The average molecular weight is 363 g/mol. The van der Waals surface area contributed by atoms with Gasteiger partial charge in [0.05, 0.1) is 11.0 Å². The zero-order valence-electron chi connectivity index (χ0n) is 15.1. The lowest BCUT2D eigenvalue weighted by molar-refractivity contribution is 0.0973. The molecule has 1 aliphatic rings. The largest absolute Gasteiger partial charge is 0.361 e. The van der Waals surface area contributed by atoms with Gasteiger partial charge in [0.25, 0.3) is 0 Å². The molecule has 0 aliphatic carbocycles. The van der Waals surface area contributed by atoms with Crippen molar-refractivity contribution in [2.75, 3.05) is 0 Å². The van der Waals surface area contributed by atoms with E-state index in [0.717, 1.165) is 33.5 Å². The zero-order valence-corrected chi connectivity index (χ0v) is 15.1. The maximum Gasteiger partial charge on any atom is 0.166 e. The molecule has 0 spiro atoms. The lowest BCUT2D eigenvalue weighted by atomic mass is 10.0. The highest BCUT2D eigenvalue weighted by Gasteiger charge is 2.23. The van der Waals surface area contributed by atoms with Gasteiger partial charge in [-0.3, -0.25) is 4.79 Å². The molecule has 1 aliphatic heterocycles. The van der Waals surface area contributed by atoms with Crippen molar-refractivity contribution in [3.05, 3.63) is 78.5 Å². The van der Waals surface area contributed by atoms with Crippen molar-refractivity contribution < 1.29 is 4.79 Å². The molecule has 4 nitrogen and oxygen atoms in total. The van der Waals surface area contributed by atoms with E-state index < -0.39 is 0 Å². The first-order chi connectivity index (χ1) is 13.8. The number of aryl methyl sites for hydroxylation is 1. The Bertz CT molecular complexity index is 1370. The molecule has 0 fully saturated rings. The number of carbonyl (C=O) groups is 1. The Morgan fingerprint density at radius 3 is 2.61 bits per heavy atom. The summed E-state index contributed by atoms with van der Waals surface area (Å²) in [5.41, 5.74) is 7.22. The van der Waals surface area contributed by atoms with Crippen LogP contribution in [0.15, 0.2) is 72.9 Å². The van der Waals surface area contributed by atoms with Crippen LogP contribution in [0.5, 0.6) is 0 Å². The van der Waals surface area contributed by atoms with Crippen LogP contribution in [-0.4, -0.2) is 20.3 Å². The summed E-state index contributed by atoms with van der Waals surface area (Å²) in [5.74, 6) is 1.14. The quantitative estimate of drug-likeness (QED) is 0.454. The van der Waals surface area contributed by atoms with Crippen LogP contribution in [0.1, 0.15) is 16.8 Å². The first kappa shape index (κ1) is 15.4. The van der Waals surface area contributed by atoms with Crippen molar-refractivity contribution in [3.8, 4) is 22.5 Å². The minimum absolute atomic E-state index is 0.208. The number of H-pyrrole nitrogens is 1. The number of hydrogen-bond donors (Lipinski definition) is 1. The van der Waals surface area contributed by atoms with Crippen LogP contribution < -0.4 is 0 Å². The highest BCUT2D eigenvalue weighted by molar-refractivity contribution is 6.08. The van der Waals surface area contributed by atoms with Crippen LogP contribution in [0.25, 0.3) is 44.5 Å². The lowest BCUT2D eigenvalue weighted by Crippen LogP contribution is -2.14. The summed E-state index contributed by atoms with van der Waals surface area (Å²) >= 11 is 0. The number of aromatic amines is 1. The van der Waals surface area contributed by atoms with Crippen molar-refractivity contribution in [3.63, 3.8) is 0 Å². The summed E-state index contributed by atoms with van der Waals surface area (Å²) in [6, 6.07) is 22.9. The first-order valence-electron chi connectivity index (χ1n) is 9.48. The van der Waals surface area contributed by atoms with Gasteiger partial charge in [-0.25, -0.2) is 4.98 Å². The highest BCUT2D eigenvalue weighted by Crippen LogP contribution is 2.32. The fraction of sp³-hybridized carbons (Fsp3) is 0.0833. The predicted molar refractivity (Wildman–Crippen MR) is 111 cm³/mol. The van der Waals surface area contributed by atoms with E-state index in [-0.39, 0.29) is 5.78 Å². The maximum atomic E-state index is 12.2. The van der Waals surface area contributed by atoms with Crippen molar-refractivity contribution >= 4 is 27.7 Å². The number of benzene rings is 3. The van der Waals surface area contributed by atoms with Gasteiger partial charge >= 0.3 is 0 Å². The topological polar surface area (TPSA) is 50.7 Å². The summed E-state index contributed by atoms with van der Waals surface area (Å²) in [6.07, 6.45) is 2.49. The molecule has 5 aromatic rings. The summed E-state index contributed by atoms with van der Waals surface area (Å²) < 4.78 is 2.19. The molecule has 0 bridgehead atoms. The number of nitrogens with zero attached hydrogens (tertiary/aromatic N) is 2. The molecule has 0 unspecified atom stereocenters. The van der Waals surface area contributed by atoms with Gasteiger partial charge in [-0.2, -0.15) is 0 Å². The van der Waals surface area contributed by atoms with Crippen LogP contribution in [0.2, 0.25) is 0 Å². The van der Waals surface area contributed by atoms with Gasteiger partial charge in [-0.05, 0) is 40.8 Å². The second kappa shape index (κ2) is 5.67. The number of Topliss-reactive ketones (excluding diaryl/α,β-unsaturated/α-hetero) is 1. The van der Waals surface area contributed by atoms with Crippen molar-refractivity contribution in [1.29, 1.82) is 0 Å². The monoisotopic (exact) mass is 363 g/mol. The number of aromatic nitrogens is 3. The molecule has 6 rings (SSSR count). The molecule has 28 heavy (non-hydrogen) atoms. The third-order valence-electron chi connectivity index (χ3n) is 5.66. The van der Waals surface area contributed by atoms with E-state index in [0.29, 0.717) is 13.0 Å². The van der Waals surface area contributed by atoms with Crippen molar-refractivity contribution in [1.82, 2.24) is 14.5 Å². The van der Waals surface area contributed by atoms with Gasteiger partial charge in [-0.15, -0.1) is 0 Å². The Labute approximate surface area is 161 Å². The second-order valence-electron chi connectivity index (χ2n) is 7.29. The van der Waals surface area contributed by atoms with E-state index in [9.17, 15) is 4.79 Å². The van der Waals surface area contributed by atoms with E-state index >= 15 is 0 Å². The number of carbonyl (C=O) groups excluding carboxylic acids is 1. The predicted octanol–water partition coefficient (Wildman–Crippen LogP) is 5.44. The van der Waals surface area contributed by atoms with Gasteiger partial charge < -0.3 is 9.55 Å². The van der Waals surface area contributed by atoms with E-state index in [4.69, 9.17) is 4.98 Å². The smallest absolute Gasteiger partial charge is 0.166 e. The molecule has 3 aromatic carbocycles. The van der Waals surface area contributed by atoms with E-state index in [1.54, 1.807) is 0 Å². The second-order valence-corrected chi connectivity index (χ2v) is 7.29. The molecule has 4 heteroatoms. The van der Waals surface area contributed by atoms with E-state index in [2.05, 4.69) is 58.1 Å². The van der Waals surface area contributed by atoms with Crippen molar-refractivity contribution in [2.24, 2.45) is 0 Å². The lowest BCUT2D eigenvalue weighted by Gasteiger charge is -2.16. The van der Waals surface area contributed by atoms with Gasteiger partial charge in [-0.1, -0.05) is 42.5 Å². The molecule has 0 saturated carbocycles. The number of nitrogens with one attached hydrogen (secondary N) is 1. The molecule has 134 valence electrons. The third kappa shape index (κ3) is 2.18. The Morgan fingerprint density at radius 2 is 1.71 bits per heavy atom. The first-order valence-corrected chi connectivity index (χ1v) is 9.48. The van der Waals surface area contributed by atoms with Gasteiger partial charge in [0.15, 0.2) is 5.78 Å². The Kier molecular flexibility index (Phi) is 3.12. The third-order valence-corrected chi connectivity index (χ3v) is 5.66. The minimum Gasteiger partial charge on any atom is -0.361 e. The van der Waals surface area contributed by atoms with Gasteiger partial charge in [0, 0.05) is 35.8 Å². The van der Waals surface area contributed by atoms with E-state index in [1.165, 1.54) is 16.5 Å². The van der Waals surface area contributed by atoms with Crippen LogP contribution in [0.4, 0.5) is 0 Å². The Balaban J connectivity index is 1.45. The molecule has 1 N–H and O–H groups in total. The standard InChI is InChI=1S/C24H17N3O/c28-22-11-13-27-23-19(22)2-1-3-20(23)26-24(27)17-7-4-15(5-8-17)18-9-6-16-10-12-25-21(16)14-18/h1-10,12,14,25H,11,13H2. The van der Waals surface area contributed by atoms with Gasteiger partial charge in [0.1, 0.15) is 5.82 Å². The van der Waals surface area contributed by atoms with Crippen LogP contribution in [0, 0.1) is 0 Å². The molecule has 0 amide bonds. The molecule has 2 aromatic heterocycles. The van der Waals surface area contributed by atoms with Crippen LogP contribution >= 0.6 is 0 Å². The number of rotatable bonds is 2. The number of imidazole rings is 1. The highest BCUT2D eigenvalue weighted by atomic mass is 16.1. The number of ketones is 1. The van der Waals surface area contributed by atoms with E-state index in [1.807, 2.05) is 24.4 Å². The molecule has 3 heterocycles. The Morgan fingerprint density at radius 1 is 0.893 bits per heavy atom. The van der Waals surface area contributed by atoms with Crippen LogP contribution in [0.3, 0.4) is 0 Å². The molecule has 0 saturated heterocycles. The number of hydrogen-bond acceptors (Lipinski definition) is 2. The van der Waals surface area contributed by atoms with Gasteiger partial charge in [0.2, 0.25) is 0 Å². The van der Waals surface area contributed by atoms with Crippen molar-refractivity contribution in [2.45, 2.75) is 13.0 Å². The minimum atomic E-state index is 0.208. The SMILES string of the molecule is O=C1CCn2c(-c3ccc(-c4ccc5cc[nH]c5c4)cc3)nc3cccc1c32. The molecular weight excluding hydrogens is 346 g/mol. The average Bonchev–Trinajstić information content (AvgIpc) is 3.36. The molecule has 0 atom stereocenters. The molecule has 0 radical (unpaired) electrons. The summed E-state index contributed by atoms with van der Waals surface area (Å²) in [4.78, 5) is 20.4. The fourth-order valence-electron chi connectivity index (χ4n) is 4.24. The summed E-state index contributed by atoms with van der Waals surface area (Å²) in [7, 11) is 0. The fourth-order valence-corrected chi connectivity index (χ4v) is 4.24. The molecular formula is C24H17N3O. The Hall–Kier alpha value is -3.66.